The summed E-state index contributed by atoms with van der Waals surface area (Å²) in [7, 11) is 0. The number of imide groups is 2. The normalized spacial score (nSPS) is 35.6. The van der Waals surface area contributed by atoms with Crippen molar-refractivity contribution in [2.75, 3.05) is 13.1 Å². The van der Waals surface area contributed by atoms with Gasteiger partial charge in [-0.2, -0.15) is 0 Å². The van der Waals surface area contributed by atoms with Crippen LogP contribution in [0, 0.1) is 35.5 Å². The van der Waals surface area contributed by atoms with Crippen molar-refractivity contribution in [1.29, 1.82) is 0 Å². The van der Waals surface area contributed by atoms with Gasteiger partial charge in [-0.3, -0.25) is 38.6 Å². The lowest BCUT2D eigenvalue weighted by Gasteiger charge is -2.44. The Morgan fingerprint density at radius 2 is 0.964 bits per heavy atom. The minimum Gasteiger partial charge on any atom is -0.481 e. The van der Waals surface area contributed by atoms with Crippen LogP contribution in [0.3, 0.4) is 0 Å². The van der Waals surface area contributed by atoms with E-state index in [0.717, 1.165) is 9.80 Å². The smallest absolute Gasteiger partial charge is 0.305 e. The molecule has 3 fully saturated rings. The highest BCUT2D eigenvalue weighted by Gasteiger charge is 2.68. The van der Waals surface area contributed by atoms with E-state index in [9.17, 15) is 28.8 Å². The molecule has 2 N–H and O–H groups in total. The number of hydrogen-bond acceptors (Lipinski definition) is 6. The molecule has 0 aromatic heterocycles. The predicted octanol–water partition coefficient (Wildman–Crippen LogP) is -1.05. The number of hydrogen-bond donors (Lipinski definition) is 2. The summed E-state index contributed by atoms with van der Waals surface area (Å²) in [5, 5.41) is 17.7. The summed E-state index contributed by atoms with van der Waals surface area (Å²) in [4.78, 5) is 74.8. The van der Waals surface area contributed by atoms with Gasteiger partial charge in [0.25, 0.3) is 0 Å². The van der Waals surface area contributed by atoms with Crippen LogP contribution >= 0.6 is 0 Å². The average Bonchev–Trinajstić information content (AvgIpc) is 3.06. The molecular weight excluding hydrogens is 372 g/mol. The van der Waals surface area contributed by atoms with E-state index >= 15 is 0 Å². The van der Waals surface area contributed by atoms with Gasteiger partial charge in [0.2, 0.25) is 23.6 Å². The van der Waals surface area contributed by atoms with Crippen LogP contribution in [-0.2, 0) is 28.8 Å². The van der Waals surface area contributed by atoms with Crippen molar-refractivity contribution in [2.24, 2.45) is 35.5 Å². The van der Waals surface area contributed by atoms with E-state index in [0.29, 0.717) is 0 Å². The van der Waals surface area contributed by atoms with Gasteiger partial charge in [-0.15, -0.1) is 0 Å². The van der Waals surface area contributed by atoms with E-state index < -0.39 is 71.1 Å². The van der Waals surface area contributed by atoms with Crippen LogP contribution in [-0.4, -0.2) is 68.7 Å². The van der Waals surface area contributed by atoms with Gasteiger partial charge < -0.3 is 10.2 Å². The van der Waals surface area contributed by atoms with E-state index in [4.69, 9.17) is 10.2 Å². The zero-order chi connectivity index (χ0) is 20.3. The van der Waals surface area contributed by atoms with Gasteiger partial charge in [0.05, 0.1) is 36.5 Å². The molecule has 2 saturated heterocycles. The van der Waals surface area contributed by atoms with Gasteiger partial charge in [0.1, 0.15) is 0 Å². The fourth-order valence-electron chi connectivity index (χ4n) is 5.21. The van der Waals surface area contributed by atoms with Crippen molar-refractivity contribution in [3.05, 3.63) is 12.2 Å². The molecule has 10 heteroatoms. The number of carboxylic acid groups (broad SMARTS) is 2. The van der Waals surface area contributed by atoms with Crippen molar-refractivity contribution >= 4 is 35.6 Å². The van der Waals surface area contributed by atoms with Gasteiger partial charge in [-0.05, 0) is 0 Å². The summed E-state index contributed by atoms with van der Waals surface area (Å²) < 4.78 is 0. The summed E-state index contributed by atoms with van der Waals surface area (Å²) in [6.45, 7) is -0.469. The zero-order valence-corrected chi connectivity index (χ0v) is 14.7. The monoisotopic (exact) mass is 390 g/mol. The SMILES string of the molecule is O=C(O)CCN1C(=O)[C@@H]2C3C=CC([C@H]2C1=O)[C@@H]1C(=O)N(CCC(=O)O)C(=O)[C@@H]31. The molecule has 0 aromatic rings. The molecular formula is C18H18N2O8. The molecule has 2 aliphatic heterocycles. The van der Waals surface area contributed by atoms with Gasteiger partial charge in [0, 0.05) is 24.9 Å². The maximum absolute atomic E-state index is 12.8. The molecule has 0 radical (unpaired) electrons. The van der Waals surface area contributed by atoms with Crippen molar-refractivity contribution in [3.8, 4) is 0 Å². The maximum atomic E-state index is 12.8. The number of aliphatic carboxylic acids is 2. The number of nitrogens with zero attached hydrogens (tertiary/aromatic N) is 2. The number of rotatable bonds is 6. The van der Waals surface area contributed by atoms with Crippen LogP contribution in [0.4, 0.5) is 0 Å². The van der Waals surface area contributed by atoms with Crippen LogP contribution in [0.2, 0.25) is 0 Å². The number of amides is 4. The molecule has 4 amide bonds. The molecule has 0 spiro atoms. The Hall–Kier alpha value is -3.04. The van der Waals surface area contributed by atoms with Gasteiger partial charge in [0.15, 0.2) is 0 Å². The Bertz CT molecular complexity index is 737. The number of carbonyl (C=O) groups excluding carboxylic acids is 4. The highest BCUT2D eigenvalue weighted by Crippen LogP contribution is 2.57. The topological polar surface area (TPSA) is 149 Å². The molecule has 5 rings (SSSR count). The molecule has 0 aromatic carbocycles. The number of carboxylic acids is 2. The molecule has 3 aliphatic carbocycles. The lowest BCUT2D eigenvalue weighted by molar-refractivity contribution is -0.143. The van der Waals surface area contributed by atoms with E-state index in [1.54, 1.807) is 12.2 Å². The fraction of sp³-hybridized carbons (Fsp3) is 0.556. The highest BCUT2D eigenvalue weighted by atomic mass is 16.4. The fourth-order valence-corrected chi connectivity index (χ4v) is 5.21. The predicted molar refractivity (Wildman–Crippen MR) is 88.0 cm³/mol. The second kappa shape index (κ2) is 6.25. The third-order valence-electron chi connectivity index (χ3n) is 6.29. The number of allylic oxidation sites excluding steroid dienone is 2. The molecule has 2 bridgehead atoms. The molecule has 5 aliphatic rings. The number of likely N-dealkylation sites (tertiary alicyclic amines) is 2. The second-order valence-electron chi connectivity index (χ2n) is 7.59. The Balaban J connectivity index is 1.63. The Kier molecular flexibility index (Phi) is 4.09. The van der Waals surface area contributed by atoms with Crippen LogP contribution in [0.15, 0.2) is 12.2 Å². The Morgan fingerprint density at radius 3 is 1.21 bits per heavy atom. The third kappa shape index (κ3) is 2.40. The first-order valence-electron chi connectivity index (χ1n) is 9.06. The van der Waals surface area contributed by atoms with Crippen molar-refractivity contribution in [1.82, 2.24) is 9.80 Å². The molecule has 10 nitrogen and oxygen atoms in total. The van der Waals surface area contributed by atoms with Crippen molar-refractivity contribution < 1.29 is 39.0 Å². The molecule has 1 saturated carbocycles. The van der Waals surface area contributed by atoms with Crippen LogP contribution in [0.25, 0.3) is 0 Å². The van der Waals surface area contributed by atoms with Gasteiger partial charge in [-0.1, -0.05) is 12.2 Å². The first-order valence-corrected chi connectivity index (χ1v) is 9.06. The third-order valence-corrected chi connectivity index (χ3v) is 6.29. The minimum absolute atomic E-state index is 0.235. The summed E-state index contributed by atoms with van der Waals surface area (Å²) >= 11 is 0. The first-order chi connectivity index (χ1) is 13.2. The quantitative estimate of drug-likeness (QED) is 0.431. The van der Waals surface area contributed by atoms with Gasteiger partial charge in [-0.25, -0.2) is 0 Å². The largest absolute Gasteiger partial charge is 0.481 e. The van der Waals surface area contributed by atoms with Crippen molar-refractivity contribution in [2.45, 2.75) is 12.8 Å². The molecule has 6 atom stereocenters. The van der Waals surface area contributed by atoms with E-state index in [2.05, 4.69) is 0 Å². The lowest BCUT2D eigenvalue weighted by atomic mass is 9.54. The standard InChI is InChI=1S/C18H18N2O8/c21-9(22)3-5-19-15(25)11-7-1-2-8(13(11)17(19)27)14-12(7)16(26)20(18(14)28)6-4-10(23)24/h1-2,7-8,11-14H,3-6H2,(H,21,22)(H,23,24)/t7?,8?,11-,12+,13-,14+. The molecule has 28 heavy (non-hydrogen) atoms. The van der Waals surface area contributed by atoms with E-state index in [1.807, 2.05) is 0 Å². The van der Waals surface area contributed by atoms with Crippen molar-refractivity contribution in [3.63, 3.8) is 0 Å². The van der Waals surface area contributed by atoms with Gasteiger partial charge >= 0.3 is 11.9 Å². The minimum atomic E-state index is -1.13. The van der Waals surface area contributed by atoms with Crippen LogP contribution in [0.5, 0.6) is 0 Å². The molecule has 2 heterocycles. The van der Waals surface area contributed by atoms with E-state index in [1.165, 1.54) is 0 Å². The van der Waals surface area contributed by atoms with Crippen LogP contribution in [0.1, 0.15) is 12.8 Å². The summed E-state index contributed by atoms with van der Waals surface area (Å²) in [6.07, 6.45) is 2.66. The average molecular weight is 390 g/mol. The summed E-state index contributed by atoms with van der Waals surface area (Å²) in [6, 6.07) is 0. The van der Waals surface area contributed by atoms with E-state index in [-0.39, 0.29) is 25.9 Å². The highest BCUT2D eigenvalue weighted by molar-refractivity contribution is 6.11. The molecule has 148 valence electrons. The maximum Gasteiger partial charge on any atom is 0.305 e. The Morgan fingerprint density at radius 1 is 0.679 bits per heavy atom. The zero-order valence-electron chi connectivity index (χ0n) is 14.7. The summed E-state index contributed by atoms with van der Waals surface area (Å²) in [5.74, 6) is -8.66. The number of carbonyl (C=O) groups is 6. The summed E-state index contributed by atoms with van der Waals surface area (Å²) in [5.41, 5.74) is 0. The Labute approximate surface area is 158 Å². The second-order valence-corrected chi connectivity index (χ2v) is 7.59. The lowest BCUT2D eigenvalue weighted by Crippen LogP contribution is -2.50. The van der Waals surface area contributed by atoms with Crippen LogP contribution < -0.4 is 0 Å². The first kappa shape index (κ1) is 18.3. The molecule has 2 unspecified atom stereocenters.